The molecule has 148 valence electrons. The van der Waals surface area contributed by atoms with E-state index in [1.54, 1.807) is 6.20 Å². The maximum absolute atomic E-state index is 14.4. The zero-order valence-corrected chi connectivity index (χ0v) is 15.9. The molecule has 1 saturated heterocycles. The van der Waals surface area contributed by atoms with Crippen LogP contribution in [-0.2, 0) is 4.79 Å². The number of H-pyrrole nitrogens is 1. The molecule has 0 spiro atoms. The molecular weight excluding hydrogens is 361 g/mol. The minimum atomic E-state index is -0.587. The van der Waals surface area contributed by atoms with Crippen molar-refractivity contribution in [2.24, 2.45) is 10.8 Å². The number of carbonyl (C=O) groups excluding carboxylic acids is 1. The Morgan fingerprint density at radius 1 is 1.50 bits per heavy atom. The first kappa shape index (κ1) is 18.5. The number of nitrogens with zero attached hydrogens (tertiary/aromatic N) is 5. The average Bonchev–Trinajstić information content (AvgIpc) is 3.34. The fraction of sp³-hybridized carbons (Fsp3) is 0.474. The molecule has 2 aromatic heterocycles. The molecule has 9 heteroatoms. The molecule has 8 nitrogen and oxygen atoms in total. The smallest absolute Gasteiger partial charge is 0.222 e. The van der Waals surface area contributed by atoms with Crippen LogP contribution in [0.3, 0.4) is 0 Å². The second-order valence-corrected chi connectivity index (χ2v) is 7.09. The summed E-state index contributed by atoms with van der Waals surface area (Å²) < 4.78 is 14.4. The van der Waals surface area contributed by atoms with Crippen LogP contribution in [0, 0.1) is 5.82 Å². The van der Waals surface area contributed by atoms with Crippen LogP contribution < -0.4 is 21.6 Å². The number of fused-ring (bicyclic) bond motifs is 1. The van der Waals surface area contributed by atoms with Gasteiger partial charge in [-0.1, -0.05) is 13.0 Å². The lowest BCUT2D eigenvalue weighted by Gasteiger charge is -2.28. The van der Waals surface area contributed by atoms with Gasteiger partial charge in [-0.2, -0.15) is 0 Å². The highest BCUT2D eigenvalue weighted by Gasteiger charge is 2.30. The summed E-state index contributed by atoms with van der Waals surface area (Å²) in [6, 6.07) is -0.0394. The van der Waals surface area contributed by atoms with E-state index in [-0.39, 0.29) is 17.8 Å². The minimum absolute atomic E-state index is 0.0310. The number of nitrogens with one attached hydrogen (secondary N) is 1. The van der Waals surface area contributed by atoms with E-state index in [9.17, 15) is 9.18 Å². The molecule has 0 saturated carbocycles. The summed E-state index contributed by atoms with van der Waals surface area (Å²) in [5.74, 6) is 6.10. The molecular formula is C19H24FN7O. The normalized spacial score (nSPS) is 18.4. The number of aromatic amines is 1. The number of aromatic nitrogens is 3. The summed E-state index contributed by atoms with van der Waals surface area (Å²) in [5.41, 5.74) is 1.57. The fourth-order valence-corrected chi connectivity index (χ4v) is 3.89. The van der Waals surface area contributed by atoms with Gasteiger partial charge in [0.15, 0.2) is 17.5 Å². The molecule has 4 heterocycles. The number of amides is 1. The molecule has 2 aliphatic heterocycles. The highest BCUT2D eigenvalue weighted by Crippen LogP contribution is 2.22. The zero-order chi connectivity index (χ0) is 19.7. The highest BCUT2D eigenvalue weighted by molar-refractivity contribution is 5.76. The topological polar surface area (TPSA) is 104 Å². The van der Waals surface area contributed by atoms with Crippen molar-refractivity contribution in [3.05, 3.63) is 28.9 Å². The number of anilines is 1. The lowest BCUT2D eigenvalue weighted by Crippen LogP contribution is -2.46. The lowest BCUT2D eigenvalue weighted by atomic mass is 10.2. The number of halogens is 1. The van der Waals surface area contributed by atoms with Crippen LogP contribution in [0.1, 0.15) is 32.6 Å². The van der Waals surface area contributed by atoms with E-state index in [0.29, 0.717) is 18.8 Å². The van der Waals surface area contributed by atoms with E-state index in [4.69, 9.17) is 5.84 Å². The Bertz CT molecular complexity index is 1000. The number of likely N-dealkylation sites (tertiary alicyclic amines) is 1. The molecule has 28 heavy (non-hydrogen) atoms. The first-order chi connectivity index (χ1) is 13.6. The van der Waals surface area contributed by atoms with Crippen molar-refractivity contribution in [1.82, 2.24) is 19.9 Å². The summed E-state index contributed by atoms with van der Waals surface area (Å²) in [6.45, 7) is 3.63. The van der Waals surface area contributed by atoms with Crippen LogP contribution in [0.2, 0.25) is 0 Å². The van der Waals surface area contributed by atoms with E-state index >= 15 is 0 Å². The van der Waals surface area contributed by atoms with Crippen molar-refractivity contribution in [1.29, 1.82) is 0 Å². The van der Waals surface area contributed by atoms with Crippen LogP contribution in [0.4, 0.5) is 10.2 Å². The fourth-order valence-electron chi connectivity index (χ4n) is 3.89. The Morgan fingerprint density at radius 3 is 3.18 bits per heavy atom. The number of nitrogens with two attached hydrogens (primary N) is 1. The van der Waals surface area contributed by atoms with Gasteiger partial charge >= 0.3 is 0 Å². The predicted molar refractivity (Wildman–Crippen MR) is 103 cm³/mol. The van der Waals surface area contributed by atoms with Gasteiger partial charge < -0.3 is 9.88 Å². The Balaban J connectivity index is 1.61. The van der Waals surface area contributed by atoms with Crippen molar-refractivity contribution >= 4 is 17.8 Å². The Morgan fingerprint density at radius 2 is 2.36 bits per heavy atom. The summed E-state index contributed by atoms with van der Waals surface area (Å²) in [7, 11) is 0. The van der Waals surface area contributed by atoms with Crippen molar-refractivity contribution < 1.29 is 9.18 Å². The van der Waals surface area contributed by atoms with E-state index in [1.807, 2.05) is 11.8 Å². The van der Waals surface area contributed by atoms with Gasteiger partial charge in [0.05, 0.1) is 18.8 Å². The zero-order valence-electron chi connectivity index (χ0n) is 15.9. The van der Waals surface area contributed by atoms with E-state index in [0.717, 1.165) is 54.8 Å². The van der Waals surface area contributed by atoms with Gasteiger partial charge in [-0.3, -0.25) is 14.8 Å². The van der Waals surface area contributed by atoms with Crippen LogP contribution in [-0.4, -0.2) is 51.4 Å². The molecule has 2 aromatic rings. The van der Waals surface area contributed by atoms with Gasteiger partial charge in [0.1, 0.15) is 5.49 Å². The standard InChI is InChI=1S/C19H24FN7O/c1-2-16(28)26-8-4-5-12(26)11-27(21)19-15(20)10-24-18(25-19)14-9-23-17-13(14)6-3-7-22-17/h6,9-10,12H,2-5,7-8,11,21H2,1H3,(H,22,23)/t12-/m1/s1. The molecule has 2 aliphatic rings. The van der Waals surface area contributed by atoms with E-state index < -0.39 is 5.82 Å². The molecule has 0 aliphatic carbocycles. The molecule has 0 radical (unpaired) electrons. The van der Waals surface area contributed by atoms with Crippen molar-refractivity contribution in [2.75, 3.05) is 24.6 Å². The molecule has 0 bridgehead atoms. The van der Waals surface area contributed by atoms with Crippen LogP contribution in [0.25, 0.3) is 17.5 Å². The van der Waals surface area contributed by atoms with Gasteiger partial charge in [0, 0.05) is 36.5 Å². The summed E-state index contributed by atoms with van der Waals surface area (Å²) in [6.07, 6.45) is 8.07. The number of hydrogen-bond donors (Lipinski definition) is 2. The number of hydrogen-bond acceptors (Lipinski definition) is 6. The van der Waals surface area contributed by atoms with Gasteiger partial charge in [-0.25, -0.2) is 20.2 Å². The van der Waals surface area contributed by atoms with Gasteiger partial charge in [-0.05, 0) is 19.3 Å². The minimum Gasteiger partial charge on any atom is -0.346 e. The third-order valence-electron chi connectivity index (χ3n) is 5.29. The van der Waals surface area contributed by atoms with Crippen LogP contribution in [0.5, 0.6) is 0 Å². The molecule has 1 atom stereocenters. The van der Waals surface area contributed by atoms with Gasteiger partial charge in [0.25, 0.3) is 0 Å². The Hall–Kier alpha value is -2.81. The first-order valence-electron chi connectivity index (χ1n) is 9.65. The average molecular weight is 385 g/mol. The second kappa shape index (κ2) is 7.67. The lowest BCUT2D eigenvalue weighted by molar-refractivity contribution is -0.131. The van der Waals surface area contributed by atoms with Crippen LogP contribution in [0.15, 0.2) is 17.4 Å². The molecule has 0 unspecified atom stereocenters. The maximum Gasteiger partial charge on any atom is 0.222 e. The van der Waals surface area contributed by atoms with E-state index in [1.165, 1.54) is 5.01 Å². The number of rotatable bonds is 5. The first-order valence-corrected chi connectivity index (χ1v) is 9.65. The summed E-state index contributed by atoms with van der Waals surface area (Å²) >= 11 is 0. The number of carbonyl (C=O) groups is 1. The molecule has 1 fully saturated rings. The molecule has 1 amide bonds. The Labute approximate surface area is 162 Å². The van der Waals surface area contributed by atoms with Crippen molar-refractivity contribution in [3.8, 4) is 11.4 Å². The highest BCUT2D eigenvalue weighted by atomic mass is 19.1. The largest absolute Gasteiger partial charge is 0.346 e. The maximum atomic E-state index is 14.4. The quantitative estimate of drug-likeness (QED) is 0.576. The third kappa shape index (κ3) is 3.37. The monoisotopic (exact) mass is 385 g/mol. The predicted octanol–water partition coefficient (Wildman–Crippen LogP) is 0.496. The Kier molecular flexibility index (Phi) is 5.08. The molecule has 0 aromatic carbocycles. The summed E-state index contributed by atoms with van der Waals surface area (Å²) in [5, 5.41) is 2.22. The second-order valence-electron chi connectivity index (χ2n) is 7.09. The molecule has 4 rings (SSSR count). The van der Waals surface area contributed by atoms with Gasteiger partial charge in [-0.15, -0.1) is 0 Å². The molecule has 3 N–H and O–H groups in total. The number of hydrazine groups is 1. The SMILES string of the molecule is CCC(=O)N1CCC[C@@H]1CN(N)c1nc(-c2c[nH]c3c2=CCCN=3)ncc1F. The van der Waals surface area contributed by atoms with Gasteiger partial charge in [0.2, 0.25) is 5.91 Å². The van der Waals surface area contributed by atoms with E-state index in [2.05, 4.69) is 26.0 Å². The van der Waals surface area contributed by atoms with Crippen molar-refractivity contribution in [3.63, 3.8) is 0 Å². The third-order valence-corrected chi connectivity index (χ3v) is 5.29. The summed E-state index contributed by atoms with van der Waals surface area (Å²) in [4.78, 5) is 30.0. The van der Waals surface area contributed by atoms with Crippen LogP contribution >= 0.6 is 0 Å². The van der Waals surface area contributed by atoms with Crippen molar-refractivity contribution in [2.45, 2.75) is 38.6 Å².